The molecule has 0 unspecified atom stereocenters. The second kappa shape index (κ2) is 44.9. The van der Waals surface area contributed by atoms with Gasteiger partial charge in [0.25, 0.3) is 0 Å². The van der Waals surface area contributed by atoms with Crippen LogP contribution in [0.15, 0.2) is 230 Å². The van der Waals surface area contributed by atoms with Gasteiger partial charge in [-0.15, -0.1) is 24.8 Å². The molecule has 0 amide bonds. The number of rotatable bonds is 26. The number of carbonyl (C=O) groups is 4. The normalized spacial score (nSPS) is 16.9. The summed E-state index contributed by atoms with van der Waals surface area (Å²) < 4.78 is 40.6. The molecule has 18 nitrogen and oxygen atoms in total. The molecule has 5 heterocycles. The number of unbranched alkanes of at least 4 members (excludes halogenated alkanes) is 6. The number of aliphatic carboxylic acids is 4. The molecule has 13 rings (SSSR count). The monoisotopic (exact) mass is 1770 g/mol. The molecule has 0 aliphatic carbocycles. The van der Waals surface area contributed by atoms with E-state index in [0.29, 0.717) is 42.9 Å². The van der Waals surface area contributed by atoms with Crippen molar-refractivity contribution < 1.29 is 110 Å². The molecule has 1 radical (unpaired) electrons. The molecule has 120 heavy (non-hydrogen) atoms. The molecule has 0 bridgehead atoms. The van der Waals surface area contributed by atoms with Crippen molar-refractivity contribution in [2.24, 2.45) is 4.99 Å². The van der Waals surface area contributed by atoms with Crippen molar-refractivity contribution >= 4 is 160 Å². The maximum Gasteiger partial charge on any atom is 1.00 e. The van der Waals surface area contributed by atoms with Gasteiger partial charge in [-0.3, -0.25) is 29.2 Å². The van der Waals surface area contributed by atoms with Crippen LogP contribution in [0.4, 0.5) is 28.4 Å². The number of carboxylic acids is 4. The van der Waals surface area contributed by atoms with Crippen LogP contribution in [-0.2, 0) is 64.1 Å². The number of anilines is 2. The summed E-state index contributed by atoms with van der Waals surface area (Å²) in [6.07, 6.45) is 20.2. The smallest absolute Gasteiger partial charge is 0.744 e. The van der Waals surface area contributed by atoms with Gasteiger partial charge in [0.2, 0.25) is 11.4 Å². The van der Waals surface area contributed by atoms with E-state index in [2.05, 4.69) is 196 Å². The van der Waals surface area contributed by atoms with Crippen LogP contribution in [0.3, 0.4) is 0 Å². The summed E-state index contributed by atoms with van der Waals surface area (Å²) in [6, 6.07) is 50.6. The molecule has 0 spiro atoms. The summed E-state index contributed by atoms with van der Waals surface area (Å²) in [7, 11) is -0.471. The van der Waals surface area contributed by atoms with Gasteiger partial charge in [-0.1, -0.05) is 146 Å². The van der Waals surface area contributed by atoms with E-state index in [1.807, 2.05) is 85.2 Å². The largest absolute Gasteiger partial charge is 1.00 e. The van der Waals surface area contributed by atoms with Gasteiger partial charge >= 0.3 is 47.5 Å². The van der Waals surface area contributed by atoms with E-state index in [1.54, 1.807) is 6.07 Å². The van der Waals surface area contributed by atoms with Crippen molar-refractivity contribution in [2.75, 3.05) is 70.1 Å². The zero-order valence-electron chi connectivity index (χ0n) is 71.1. The van der Waals surface area contributed by atoms with Crippen LogP contribution in [0.25, 0.3) is 32.3 Å². The summed E-state index contributed by atoms with van der Waals surface area (Å²) in [6.45, 7) is 26.2. The fourth-order valence-corrected chi connectivity index (χ4v) is 17.5. The van der Waals surface area contributed by atoms with Crippen LogP contribution in [0, 0.1) is 13.8 Å². The van der Waals surface area contributed by atoms with Gasteiger partial charge in [-0.05, 0) is 217 Å². The zero-order valence-corrected chi connectivity index (χ0v) is 78.4. The number of benzene rings is 8. The molecule has 631 valence electrons. The minimum Gasteiger partial charge on any atom is -0.744 e. The van der Waals surface area contributed by atoms with E-state index in [-0.39, 0.29) is 108 Å². The Morgan fingerprint density at radius 1 is 0.550 bits per heavy atom. The van der Waals surface area contributed by atoms with Gasteiger partial charge in [-0.2, -0.15) is 9.15 Å². The van der Waals surface area contributed by atoms with Crippen LogP contribution in [0.1, 0.15) is 160 Å². The molecule has 0 fully saturated rings. The Hall–Kier alpha value is -7.96. The third-order valence-electron chi connectivity index (χ3n) is 22.4. The number of para-hydroxylation sites is 2. The quantitative estimate of drug-likeness (QED) is 0.0129. The molecule has 25 heteroatoms. The van der Waals surface area contributed by atoms with Crippen molar-refractivity contribution in [3.05, 3.63) is 248 Å². The van der Waals surface area contributed by atoms with Crippen LogP contribution >= 0.6 is 48.0 Å². The second-order valence-electron chi connectivity index (χ2n) is 32.4. The Balaban J connectivity index is 0.000000320. The molecule has 8 aromatic rings. The summed E-state index contributed by atoms with van der Waals surface area (Å²) in [5, 5.41) is 47.5. The van der Waals surface area contributed by atoms with Gasteiger partial charge in [0.05, 0.1) is 26.4 Å². The van der Waals surface area contributed by atoms with Crippen molar-refractivity contribution in [1.29, 1.82) is 0 Å². The Morgan fingerprint density at radius 2 is 1.02 bits per heavy atom. The molecule has 0 aromatic heterocycles. The molecule has 0 saturated carbocycles. The number of allylic oxidation sites excluding steroid dienone is 4. The third kappa shape index (κ3) is 25.2. The second-order valence-corrected chi connectivity index (χ2v) is 34.6. The number of halogens is 4. The Kier molecular flexibility index (Phi) is 37.7. The van der Waals surface area contributed by atoms with Gasteiger partial charge in [0.15, 0.2) is 11.4 Å². The summed E-state index contributed by atoms with van der Waals surface area (Å²) in [4.78, 5) is 53.0. The van der Waals surface area contributed by atoms with Crippen molar-refractivity contribution in [3.63, 3.8) is 0 Å². The number of likely N-dealkylation sites (N-methyl/N-ethyl adjacent to an activating group) is 2. The first-order chi connectivity index (χ1) is 55.1. The Morgan fingerprint density at radius 3 is 1.57 bits per heavy atom. The maximum absolute atomic E-state index is 11.9. The molecule has 0 atom stereocenters. The predicted octanol–water partition coefficient (Wildman–Crippen LogP) is 17.1. The van der Waals surface area contributed by atoms with E-state index >= 15 is 0 Å². The average Bonchev–Trinajstić information content (AvgIpc) is 1.58. The standard InChI is InChI=1S/C51H58ClN3O7S.C22H27NO2.C20H20ClN3.C2H4O2.2ClH.Na.V/c1-33-15-21-39-34(29-33)16-23-41-47(39)50(2,3)43(54(41)27-11-7-9-13-45(56)57)25-18-36-31-53(6)32-37(49(36)52)19-26-44-51(4,5)48-40-22-20-38(63(60,61)62)30-35(40)17-24-42(48)55(44)28-12-8-10-14-46(58)59;1-15-9-11-18-17(14-15)10-12-19-21(18)22(3,4)16(2)23(19)13-7-5-6-8-20(24)25;1-24-14-16(12-22-18-8-4-2-5-9-18)20(21)17(15-24)13-23-19-10-6-3-7-11-19;1-2(3)4;;;;/h15-26,29-30H,7-14,27-28,31-32H2,1-6H3,(H2-,56,57,58,59,60,61,62);9-12,14H,5-8,13H2,1-4H3;2-13,22H,14-15H2,1H3;1H3,(H,3,4);2*1H;;/q;;;;;;+1;/b;;16-12+,23-13?;;;;;. The number of carboxylic acid groups (broad SMARTS) is 4. The number of nitrogens with zero attached hydrogens (tertiary/aromatic N) is 6. The molecular formula is C95H111Cl4N7NaO11SV+. The number of aryl methyl sites for hydroxylation is 2. The Bertz CT molecular complexity index is 5480. The third-order valence-corrected chi connectivity index (χ3v) is 24.2. The molecular weight excluding hydrogens is 1660 g/mol. The minimum absolute atomic E-state index is 0. The fraction of sp³-hybridized carbons (Fsp3) is 0.358. The fourth-order valence-electron chi connectivity index (χ4n) is 16.6. The van der Waals surface area contributed by atoms with E-state index in [0.717, 1.165) is 139 Å². The van der Waals surface area contributed by atoms with Crippen LogP contribution in [0.5, 0.6) is 0 Å². The van der Waals surface area contributed by atoms with Crippen molar-refractivity contribution in [1.82, 2.24) is 9.80 Å². The van der Waals surface area contributed by atoms with Crippen LogP contribution < -0.4 is 44.9 Å². The average molecular weight is 1770 g/mol. The van der Waals surface area contributed by atoms with Gasteiger partial charge in [0.1, 0.15) is 23.2 Å². The number of hydrogen-bond donors (Lipinski definition) is 4. The number of aliphatic imine (C=N–C) groups is 1. The number of nitrogens with one attached hydrogen (secondary N) is 1. The maximum atomic E-state index is 11.9. The molecule has 5 aliphatic heterocycles. The minimum atomic E-state index is -4.63. The van der Waals surface area contributed by atoms with Gasteiger partial charge in [-0.25, -0.2) is 8.42 Å². The zero-order chi connectivity index (χ0) is 84.0. The SMILES string of the molecule is CC(=O)[O-].CC1=[N+](CCCCCC(=O)O)c2ccc3cc(C)ccc3c2C1(C)C.CN1CC(C=Nc2ccccc2)=C(Cl)/C(=C/Nc2ccccc2)C1.Cc1ccc2c3c(ccc2c1)[N+](CCCCCC(=O)O)=C(/C=C/C1=C(Cl)C(=C/C=C2/N(CCCCCC(=O)O)c4ccc5cc(S(=O)(=O)[O-])ccc5c4C2(C)C)/CN(C)C1)C3(C)C.Cl.Cl.[Na+].[V]. The first kappa shape index (κ1) is 101. The first-order valence-corrected chi connectivity index (χ1v) is 42.0. The van der Waals surface area contributed by atoms with Crippen LogP contribution in [-0.4, -0.2) is 149 Å². The van der Waals surface area contributed by atoms with Crippen LogP contribution in [0.2, 0.25) is 0 Å². The number of carbonyl (C=O) groups excluding carboxylic acids is 1. The van der Waals surface area contributed by atoms with Gasteiger partial charge < -0.3 is 40.0 Å². The molecule has 0 saturated heterocycles. The Labute approximate surface area is 764 Å². The summed E-state index contributed by atoms with van der Waals surface area (Å²) in [5.41, 5.74) is 18.5. The molecule has 8 aromatic carbocycles. The van der Waals surface area contributed by atoms with E-state index < -0.39 is 39.4 Å². The van der Waals surface area contributed by atoms with Gasteiger partial charge in [0, 0.05) is 177 Å². The predicted molar refractivity (Wildman–Crippen MR) is 483 cm³/mol. The van der Waals surface area contributed by atoms with Crippen molar-refractivity contribution in [3.8, 4) is 0 Å². The first-order valence-electron chi connectivity index (χ1n) is 39.9. The molecule has 4 N–H and O–H groups in total. The van der Waals surface area contributed by atoms with Crippen molar-refractivity contribution in [2.45, 2.75) is 167 Å². The molecule has 5 aliphatic rings. The number of fused-ring (bicyclic) bond motifs is 9. The topological polar surface area (TPSA) is 249 Å². The number of hydrogen-bond acceptors (Lipinski definition) is 13. The summed E-state index contributed by atoms with van der Waals surface area (Å²) in [5.74, 6) is -3.35. The van der Waals surface area contributed by atoms with E-state index in [4.69, 9.17) is 38.2 Å². The van der Waals surface area contributed by atoms with E-state index in [9.17, 15) is 37.6 Å². The van der Waals surface area contributed by atoms with E-state index in [1.165, 1.54) is 78.7 Å². The summed E-state index contributed by atoms with van der Waals surface area (Å²) >= 11 is 14.0.